The summed E-state index contributed by atoms with van der Waals surface area (Å²) in [4.78, 5) is 0. The van der Waals surface area contributed by atoms with Gasteiger partial charge in [0.25, 0.3) is 0 Å². The zero-order chi connectivity index (χ0) is 17.6. The fourth-order valence-electron chi connectivity index (χ4n) is 9.61. The predicted molar refractivity (Wildman–Crippen MR) is 115 cm³/mol. The van der Waals surface area contributed by atoms with Crippen molar-refractivity contribution in [2.24, 2.45) is 23.7 Å². The first-order chi connectivity index (χ1) is 12.8. The van der Waals surface area contributed by atoms with Gasteiger partial charge in [-0.1, -0.05) is 116 Å². The number of hydrogen-bond donors (Lipinski definition) is 0. The molecule has 148 valence electrons. The fraction of sp³-hybridized carbons (Fsp3) is 1.00. The summed E-state index contributed by atoms with van der Waals surface area (Å²) in [6.45, 7) is 3.02. The molecule has 5 unspecified atom stereocenters. The standard InChI is InChI=1S/C25H44Si/c1-26(21-11-3-2-4-12-21,24-17-15-19-9-5-7-13-22(19)24)25-18-16-20-10-6-8-14-23(20)25/h19-25H,2-18H2,1H3/t19?,20?,22?,23?,24-,25+,26?. The van der Waals surface area contributed by atoms with Gasteiger partial charge in [-0.25, -0.2) is 0 Å². The Labute approximate surface area is 164 Å². The Morgan fingerprint density at radius 3 is 1.46 bits per heavy atom. The van der Waals surface area contributed by atoms with E-state index in [2.05, 4.69) is 6.55 Å². The molecule has 0 aromatic rings. The monoisotopic (exact) mass is 372 g/mol. The maximum absolute atomic E-state index is 3.02. The fourth-order valence-corrected chi connectivity index (χ4v) is 17.3. The topological polar surface area (TPSA) is 0 Å². The minimum atomic E-state index is -1.20. The second-order valence-electron chi connectivity index (χ2n) is 11.5. The Kier molecular flexibility index (Phi) is 5.31. The van der Waals surface area contributed by atoms with Crippen LogP contribution in [0.3, 0.4) is 0 Å². The van der Waals surface area contributed by atoms with Crippen molar-refractivity contribution in [2.45, 2.75) is 132 Å². The van der Waals surface area contributed by atoms with Crippen LogP contribution in [0.5, 0.6) is 0 Å². The Hall–Kier alpha value is 0.217. The lowest BCUT2D eigenvalue weighted by Crippen LogP contribution is -2.50. The van der Waals surface area contributed by atoms with E-state index < -0.39 is 8.07 Å². The van der Waals surface area contributed by atoms with E-state index in [1.165, 1.54) is 28.5 Å². The number of fused-ring (bicyclic) bond motifs is 2. The van der Waals surface area contributed by atoms with Crippen LogP contribution in [0, 0.1) is 23.7 Å². The van der Waals surface area contributed by atoms with Gasteiger partial charge in [0.05, 0.1) is 8.07 Å². The van der Waals surface area contributed by atoms with E-state index in [0.29, 0.717) is 0 Å². The first-order valence-electron chi connectivity index (χ1n) is 12.8. The van der Waals surface area contributed by atoms with Crippen molar-refractivity contribution >= 4 is 8.07 Å². The molecule has 26 heavy (non-hydrogen) atoms. The van der Waals surface area contributed by atoms with Crippen molar-refractivity contribution in [1.82, 2.24) is 0 Å². The van der Waals surface area contributed by atoms with Crippen LogP contribution in [-0.2, 0) is 0 Å². The normalized spacial score (nSPS) is 46.5. The summed E-state index contributed by atoms with van der Waals surface area (Å²) < 4.78 is 0. The van der Waals surface area contributed by atoms with Crippen molar-refractivity contribution in [2.75, 3.05) is 0 Å². The van der Waals surface area contributed by atoms with E-state index in [9.17, 15) is 0 Å². The molecule has 0 spiro atoms. The van der Waals surface area contributed by atoms with Crippen molar-refractivity contribution in [3.63, 3.8) is 0 Å². The summed E-state index contributed by atoms with van der Waals surface area (Å²) in [5.74, 6) is 4.69. The molecule has 5 aliphatic rings. The summed E-state index contributed by atoms with van der Waals surface area (Å²) in [6, 6.07) is 0. The molecule has 5 saturated carbocycles. The summed E-state index contributed by atoms with van der Waals surface area (Å²) in [7, 11) is -1.20. The van der Waals surface area contributed by atoms with E-state index in [0.717, 1.165) is 11.8 Å². The highest BCUT2D eigenvalue weighted by molar-refractivity contribution is 6.83. The minimum absolute atomic E-state index is 1.16. The van der Waals surface area contributed by atoms with Gasteiger partial charge >= 0.3 is 0 Å². The zero-order valence-corrected chi connectivity index (χ0v) is 18.6. The van der Waals surface area contributed by atoms with Gasteiger partial charge in [-0.05, 0) is 40.3 Å². The Bertz CT molecular complexity index is 447. The number of hydrogen-bond acceptors (Lipinski definition) is 0. The third-order valence-electron chi connectivity index (χ3n) is 10.7. The zero-order valence-electron chi connectivity index (χ0n) is 17.6. The van der Waals surface area contributed by atoms with E-state index in [-0.39, 0.29) is 0 Å². The molecule has 0 nitrogen and oxygen atoms in total. The van der Waals surface area contributed by atoms with Gasteiger partial charge in [-0.15, -0.1) is 0 Å². The van der Waals surface area contributed by atoms with Crippen LogP contribution in [0.1, 0.15) is 109 Å². The molecule has 1 heteroatoms. The van der Waals surface area contributed by atoms with Crippen LogP contribution in [0.2, 0.25) is 23.2 Å². The number of rotatable bonds is 3. The van der Waals surface area contributed by atoms with Gasteiger partial charge in [0.15, 0.2) is 0 Å². The molecular weight excluding hydrogens is 328 g/mol. The highest BCUT2D eigenvalue weighted by Crippen LogP contribution is 2.65. The molecular formula is C25H44Si. The van der Waals surface area contributed by atoms with Crippen LogP contribution in [0.15, 0.2) is 0 Å². The van der Waals surface area contributed by atoms with Crippen molar-refractivity contribution in [3.05, 3.63) is 0 Å². The third kappa shape index (κ3) is 2.98. The molecule has 0 aromatic carbocycles. The Morgan fingerprint density at radius 1 is 0.462 bits per heavy atom. The minimum Gasteiger partial charge on any atom is -0.0685 e. The van der Waals surface area contributed by atoms with E-state index in [1.54, 1.807) is 109 Å². The van der Waals surface area contributed by atoms with Gasteiger partial charge in [-0.2, -0.15) is 0 Å². The third-order valence-corrected chi connectivity index (χ3v) is 17.7. The van der Waals surface area contributed by atoms with Crippen LogP contribution < -0.4 is 0 Å². The quantitative estimate of drug-likeness (QED) is 0.437. The van der Waals surface area contributed by atoms with E-state index >= 15 is 0 Å². The first kappa shape index (κ1) is 18.3. The van der Waals surface area contributed by atoms with Crippen molar-refractivity contribution < 1.29 is 0 Å². The van der Waals surface area contributed by atoms with Crippen LogP contribution >= 0.6 is 0 Å². The van der Waals surface area contributed by atoms with Gasteiger partial charge in [0, 0.05) is 0 Å². The van der Waals surface area contributed by atoms with E-state index in [1.807, 2.05) is 0 Å². The van der Waals surface area contributed by atoms with Crippen molar-refractivity contribution in [1.29, 1.82) is 0 Å². The lowest BCUT2D eigenvalue weighted by atomic mass is 9.81. The van der Waals surface area contributed by atoms with E-state index in [4.69, 9.17) is 0 Å². The lowest BCUT2D eigenvalue weighted by molar-refractivity contribution is 0.259. The molecule has 0 N–H and O–H groups in total. The summed E-state index contributed by atoms with van der Waals surface area (Å²) >= 11 is 0. The maximum atomic E-state index is 3.02. The van der Waals surface area contributed by atoms with Gasteiger partial charge in [0.2, 0.25) is 0 Å². The molecule has 5 aliphatic carbocycles. The maximum Gasteiger partial charge on any atom is 0.0603 e. The van der Waals surface area contributed by atoms with Gasteiger partial charge in [0.1, 0.15) is 0 Å². The molecule has 0 radical (unpaired) electrons. The second-order valence-corrected chi connectivity index (χ2v) is 16.5. The summed E-state index contributed by atoms with van der Waals surface area (Å²) in [5.41, 5.74) is 3.69. The molecule has 7 atom stereocenters. The SMILES string of the molecule is C[Si](C1CCCCC1)([C@@H]1CCC2CCCCC21)[C@H]1CCC2CCCCC21. The molecule has 0 aromatic heterocycles. The summed E-state index contributed by atoms with van der Waals surface area (Å²) in [6.07, 6.45) is 27.3. The lowest BCUT2D eigenvalue weighted by Gasteiger charge is -2.52. The van der Waals surface area contributed by atoms with Gasteiger partial charge in [-0.3, -0.25) is 0 Å². The van der Waals surface area contributed by atoms with Gasteiger partial charge < -0.3 is 0 Å². The molecule has 5 rings (SSSR count). The molecule has 0 bridgehead atoms. The van der Waals surface area contributed by atoms with Crippen molar-refractivity contribution in [3.8, 4) is 0 Å². The molecule has 5 fully saturated rings. The average molecular weight is 373 g/mol. The Balaban J connectivity index is 1.47. The average Bonchev–Trinajstić information content (AvgIpc) is 3.33. The molecule has 0 saturated heterocycles. The highest BCUT2D eigenvalue weighted by Gasteiger charge is 2.58. The van der Waals surface area contributed by atoms with Crippen LogP contribution in [-0.4, -0.2) is 8.07 Å². The van der Waals surface area contributed by atoms with Crippen LogP contribution in [0.25, 0.3) is 0 Å². The summed E-state index contributed by atoms with van der Waals surface area (Å²) in [5, 5.41) is 0. The molecule has 0 heterocycles. The molecule has 0 amide bonds. The predicted octanol–water partition coefficient (Wildman–Crippen LogP) is 8.34. The first-order valence-corrected chi connectivity index (χ1v) is 15.5. The highest BCUT2D eigenvalue weighted by atomic mass is 28.3. The smallest absolute Gasteiger partial charge is 0.0603 e. The molecule has 0 aliphatic heterocycles. The van der Waals surface area contributed by atoms with Crippen LogP contribution in [0.4, 0.5) is 0 Å². The Morgan fingerprint density at radius 2 is 0.923 bits per heavy atom. The second kappa shape index (κ2) is 7.56. The largest absolute Gasteiger partial charge is 0.0685 e.